The van der Waals surface area contributed by atoms with Gasteiger partial charge in [0.2, 0.25) is 0 Å². The highest BCUT2D eigenvalue weighted by molar-refractivity contribution is 7.99. The van der Waals surface area contributed by atoms with E-state index < -0.39 is 5.97 Å². The van der Waals surface area contributed by atoms with Gasteiger partial charge in [-0.2, -0.15) is 10.4 Å². The van der Waals surface area contributed by atoms with E-state index in [9.17, 15) is 10.1 Å². The van der Waals surface area contributed by atoms with Gasteiger partial charge in [0.15, 0.2) is 0 Å². The first kappa shape index (κ1) is 26.8. The second-order valence-electron chi connectivity index (χ2n) is 9.45. The molecule has 1 atom stereocenters. The molecule has 8 heteroatoms. The summed E-state index contributed by atoms with van der Waals surface area (Å²) in [4.78, 5) is 10.9. The maximum absolute atomic E-state index is 10.9. The van der Waals surface area contributed by atoms with Gasteiger partial charge in [0, 0.05) is 17.7 Å². The highest BCUT2D eigenvalue weighted by Crippen LogP contribution is 2.42. The third kappa shape index (κ3) is 6.73. The Morgan fingerprint density at radius 2 is 1.89 bits per heavy atom. The molecule has 4 rings (SSSR count). The molecule has 37 heavy (non-hydrogen) atoms. The van der Waals surface area contributed by atoms with Crippen LogP contribution in [-0.2, 0) is 16.1 Å². The number of aliphatic carboxylic acids is 1. The Balaban J connectivity index is 1.63. The topological polar surface area (TPSA) is 97.4 Å². The highest BCUT2D eigenvalue weighted by atomic mass is 32.2. The van der Waals surface area contributed by atoms with Gasteiger partial charge in [-0.05, 0) is 62.1 Å². The Labute approximate surface area is 222 Å². The number of nitriles is 1. The Morgan fingerprint density at radius 3 is 2.57 bits per heavy atom. The number of ether oxygens (including phenoxy) is 2. The van der Waals surface area contributed by atoms with Gasteiger partial charge in [0.25, 0.3) is 0 Å². The quantitative estimate of drug-likeness (QED) is 0.304. The minimum Gasteiger partial charge on any atom is -0.497 e. The van der Waals surface area contributed by atoms with Crippen molar-refractivity contribution in [2.45, 2.75) is 50.3 Å². The van der Waals surface area contributed by atoms with Crippen LogP contribution in [0.5, 0.6) is 5.75 Å². The molecule has 3 aromatic rings. The SMILES string of the molecule is COc1cccc(-c2c(-c3ccccc3)nn(CC3CCC([C@H](C)OCC(=O)O)CC3)c2SCC#N)c1. The summed E-state index contributed by atoms with van der Waals surface area (Å²) in [5.41, 5.74) is 3.97. The molecule has 0 bridgehead atoms. The molecule has 1 heterocycles. The van der Waals surface area contributed by atoms with Crippen LogP contribution in [0.15, 0.2) is 59.6 Å². The Morgan fingerprint density at radius 1 is 1.16 bits per heavy atom. The van der Waals surface area contributed by atoms with Gasteiger partial charge in [0.1, 0.15) is 23.1 Å². The van der Waals surface area contributed by atoms with Crippen molar-refractivity contribution in [3.05, 3.63) is 54.6 Å². The van der Waals surface area contributed by atoms with Gasteiger partial charge in [-0.15, -0.1) is 0 Å². The van der Waals surface area contributed by atoms with Crippen molar-refractivity contribution < 1.29 is 19.4 Å². The summed E-state index contributed by atoms with van der Waals surface area (Å²) in [7, 11) is 1.66. The number of hydrogen-bond acceptors (Lipinski definition) is 6. The van der Waals surface area contributed by atoms with Crippen LogP contribution in [-0.4, -0.2) is 46.4 Å². The van der Waals surface area contributed by atoms with E-state index in [4.69, 9.17) is 19.7 Å². The molecule has 0 spiro atoms. The van der Waals surface area contributed by atoms with E-state index >= 15 is 0 Å². The monoisotopic (exact) mass is 519 g/mol. The number of rotatable bonds is 11. The van der Waals surface area contributed by atoms with Gasteiger partial charge in [-0.25, -0.2) is 4.79 Å². The number of carbonyl (C=O) groups is 1. The van der Waals surface area contributed by atoms with Gasteiger partial charge < -0.3 is 14.6 Å². The predicted molar refractivity (Wildman–Crippen MR) is 144 cm³/mol. The van der Waals surface area contributed by atoms with Crippen LogP contribution in [0.4, 0.5) is 0 Å². The van der Waals surface area contributed by atoms with Crippen molar-refractivity contribution in [3.63, 3.8) is 0 Å². The van der Waals surface area contributed by atoms with Crippen LogP contribution in [0.1, 0.15) is 32.6 Å². The predicted octanol–water partition coefficient (Wildman–Crippen LogP) is 6.14. The molecule has 1 aromatic heterocycles. The number of aromatic nitrogens is 2. The number of benzene rings is 2. The van der Waals surface area contributed by atoms with Gasteiger partial charge in [-0.3, -0.25) is 4.68 Å². The minimum absolute atomic E-state index is 0.0622. The zero-order chi connectivity index (χ0) is 26.2. The zero-order valence-corrected chi connectivity index (χ0v) is 22.1. The minimum atomic E-state index is -0.928. The Bertz CT molecular complexity index is 1230. The largest absolute Gasteiger partial charge is 0.497 e. The van der Waals surface area contributed by atoms with Crippen LogP contribution in [0.2, 0.25) is 0 Å². The van der Waals surface area contributed by atoms with E-state index in [2.05, 4.69) is 29.0 Å². The van der Waals surface area contributed by atoms with Gasteiger partial charge in [-0.1, -0.05) is 54.2 Å². The normalized spacial score (nSPS) is 18.2. The molecule has 1 fully saturated rings. The molecule has 0 aliphatic heterocycles. The molecule has 0 radical (unpaired) electrons. The maximum Gasteiger partial charge on any atom is 0.329 e. The smallest absolute Gasteiger partial charge is 0.329 e. The molecule has 1 aliphatic rings. The highest BCUT2D eigenvalue weighted by Gasteiger charge is 2.28. The van der Waals surface area contributed by atoms with Crippen molar-refractivity contribution in [2.24, 2.45) is 11.8 Å². The first-order valence-corrected chi connectivity index (χ1v) is 13.6. The van der Waals surface area contributed by atoms with Crippen LogP contribution in [0, 0.1) is 23.2 Å². The van der Waals surface area contributed by atoms with Crippen molar-refractivity contribution in [2.75, 3.05) is 19.5 Å². The Hall–Kier alpha value is -3.28. The summed E-state index contributed by atoms with van der Waals surface area (Å²) in [6, 6.07) is 20.4. The fraction of sp³-hybridized carbons (Fsp3) is 0.414. The van der Waals surface area contributed by atoms with Gasteiger partial charge in [0.05, 0.1) is 25.0 Å². The van der Waals surface area contributed by atoms with E-state index in [-0.39, 0.29) is 12.7 Å². The lowest BCUT2D eigenvalue weighted by atomic mass is 9.79. The van der Waals surface area contributed by atoms with E-state index in [0.29, 0.717) is 17.6 Å². The summed E-state index contributed by atoms with van der Waals surface area (Å²) in [6.45, 7) is 2.50. The number of nitrogens with zero attached hydrogens (tertiary/aromatic N) is 3. The van der Waals surface area contributed by atoms with E-state index in [1.807, 2.05) is 43.3 Å². The van der Waals surface area contributed by atoms with E-state index in [1.165, 1.54) is 11.8 Å². The summed E-state index contributed by atoms with van der Waals surface area (Å²) in [5, 5.41) is 24.4. The number of carboxylic acids is 1. The van der Waals surface area contributed by atoms with Gasteiger partial charge >= 0.3 is 5.97 Å². The standard InChI is InChI=1S/C29H33N3O4S/c1-20(36-19-26(33)34)22-13-11-21(12-14-22)18-32-29(37-16-15-30)27(24-9-6-10-25(17-24)35-2)28(31-32)23-7-4-3-5-8-23/h3-10,17,20-22H,11-14,16,18-19H2,1-2H3,(H,33,34)/t20-,21?,22?/m0/s1. The fourth-order valence-electron chi connectivity index (χ4n) is 5.08. The number of hydrogen-bond donors (Lipinski definition) is 1. The zero-order valence-electron chi connectivity index (χ0n) is 21.3. The molecule has 194 valence electrons. The van der Waals surface area contributed by atoms with Crippen molar-refractivity contribution in [1.82, 2.24) is 9.78 Å². The number of thioether (sulfide) groups is 1. The molecule has 1 N–H and O–H groups in total. The lowest BCUT2D eigenvalue weighted by molar-refractivity contribution is -0.145. The lowest BCUT2D eigenvalue weighted by Gasteiger charge is -2.32. The second-order valence-corrected chi connectivity index (χ2v) is 10.4. The molecular weight excluding hydrogens is 486 g/mol. The van der Waals surface area contributed by atoms with Crippen molar-refractivity contribution in [1.29, 1.82) is 5.26 Å². The first-order chi connectivity index (χ1) is 18.0. The third-order valence-electron chi connectivity index (χ3n) is 7.04. The summed E-state index contributed by atoms with van der Waals surface area (Å²) >= 11 is 1.52. The molecule has 0 unspecified atom stereocenters. The Kier molecular flexibility index (Phi) is 9.26. The van der Waals surface area contributed by atoms with Crippen LogP contribution in [0.3, 0.4) is 0 Å². The molecule has 0 amide bonds. The number of methoxy groups -OCH3 is 1. The van der Waals surface area contributed by atoms with Crippen LogP contribution >= 0.6 is 11.8 Å². The lowest BCUT2D eigenvalue weighted by Crippen LogP contribution is -2.29. The molecule has 2 aromatic carbocycles. The second kappa shape index (κ2) is 12.8. The average molecular weight is 520 g/mol. The first-order valence-electron chi connectivity index (χ1n) is 12.6. The molecule has 1 aliphatic carbocycles. The molecule has 1 saturated carbocycles. The number of carboxylic acid groups (broad SMARTS) is 1. The third-order valence-corrected chi connectivity index (χ3v) is 8.00. The summed E-state index contributed by atoms with van der Waals surface area (Å²) in [5.74, 6) is 1.00. The molecule has 7 nitrogen and oxygen atoms in total. The maximum atomic E-state index is 10.9. The molecule has 0 saturated heterocycles. The average Bonchev–Trinajstić information content (AvgIpc) is 3.29. The van der Waals surface area contributed by atoms with Crippen LogP contribution in [0.25, 0.3) is 22.4 Å². The van der Waals surface area contributed by atoms with Crippen molar-refractivity contribution >= 4 is 17.7 Å². The van der Waals surface area contributed by atoms with Crippen molar-refractivity contribution in [3.8, 4) is 34.2 Å². The fourth-order valence-corrected chi connectivity index (χ4v) is 5.90. The van der Waals surface area contributed by atoms with E-state index in [0.717, 1.165) is 65.4 Å². The molecular formula is C29H33N3O4S. The van der Waals surface area contributed by atoms with Crippen LogP contribution < -0.4 is 4.74 Å². The van der Waals surface area contributed by atoms with E-state index in [1.54, 1.807) is 7.11 Å². The summed E-state index contributed by atoms with van der Waals surface area (Å²) in [6.07, 6.45) is 4.00. The summed E-state index contributed by atoms with van der Waals surface area (Å²) < 4.78 is 13.1.